The number of carbonyl (C=O) groups is 1. The summed E-state index contributed by atoms with van der Waals surface area (Å²) in [4.78, 5) is 38.7. The summed E-state index contributed by atoms with van der Waals surface area (Å²) in [6, 6.07) is 10.8. The molecule has 0 aliphatic carbocycles. The standard InChI is InChI=1S/C29H20ClN7O4S/c1-15-10-19(26-25(34-15)21(14-42-26)29(39)40)18-11-17(30)4-5-23(18)41-9-8-36-16(2)35-22-13-32-27(37-7-3-6-33-37)20(12-31)24(22)28(36)38/h3-7,10-11,13-14H,8-9H2,1-2H3,(H,39,40). The summed E-state index contributed by atoms with van der Waals surface area (Å²) < 4.78 is 9.77. The lowest BCUT2D eigenvalue weighted by Gasteiger charge is -2.16. The van der Waals surface area contributed by atoms with Crippen molar-refractivity contribution in [2.24, 2.45) is 0 Å². The molecular formula is C29H20ClN7O4S. The fourth-order valence-corrected chi connectivity index (χ4v) is 6.00. The van der Waals surface area contributed by atoms with E-state index in [1.54, 1.807) is 55.9 Å². The second-order valence-corrected chi connectivity index (χ2v) is 10.6. The molecule has 0 saturated heterocycles. The van der Waals surface area contributed by atoms with E-state index in [-0.39, 0.29) is 35.5 Å². The van der Waals surface area contributed by atoms with Crippen molar-refractivity contribution in [3.05, 3.63) is 92.3 Å². The second-order valence-electron chi connectivity index (χ2n) is 9.33. The highest BCUT2D eigenvalue weighted by molar-refractivity contribution is 7.18. The molecule has 13 heteroatoms. The van der Waals surface area contributed by atoms with Crippen molar-refractivity contribution in [1.29, 1.82) is 5.26 Å². The molecule has 6 aromatic rings. The predicted octanol–water partition coefficient (Wildman–Crippen LogP) is 5.17. The maximum absolute atomic E-state index is 13.7. The van der Waals surface area contributed by atoms with Gasteiger partial charge in [0.2, 0.25) is 0 Å². The number of fused-ring (bicyclic) bond motifs is 2. The van der Waals surface area contributed by atoms with Gasteiger partial charge in [0, 0.05) is 39.6 Å². The van der Waals surface area contributed by atoms with Gasteiger partial charge in [-0.1, -0.05) is 11.6 Å². The number of aromatic carboxylic acids is 1. The van der Waals surface area contributed by atoms with Crippen molar-refractivity contribution >= 4 is 50.0 Å². The average Bonchev–Trinajstić information content (AvgIpc) is 3.65. The van der Waals surface area contributed by atoms with Crippen LogP contribution in [-0.4, -0.2) is 47.0 Å². The normalized spacial score (nSPS) is 11.2. The minimum absolute atomic E-state index is 0.0807. The third-order valence-corrected chi connectivity index (χ3v) is 7.93. The Balaban J connectivity index is 1.36. The van der Waals surface area contributed by atoms with Crippen molar-refractivity contribution in [2.45, 2.75) is 20.4 Å². The zero-order valence-electron chi connectivity index (χ0n) is 22.2. The van der Waals surface area contributed by atoms with Gasteiger partial charge in [0.05, 0.1) is 39.4 Å². The van der Waals surface area contributed by atoms with Gasteiger partial charge in [-0.05, 0) is 44.2 Å². The molecular weight excluding hydrogens is 578 g/mol. The number of thiophene rings is 1. The minimum atomic E-state index is -1.05. The van der Waals surface area contributed by atoms with Gasteiger partial charge in [0.25, 0.3) is 5.56 Å². The maximum atomic E-state index is 13.7. The van der Waals surface area contributed by atoms with Crippen molar-refractivity contribution in [2.75, 3.05) is 6.61 Å². The topological polar surface area (TPSA) is 149 Å². The number of carboxylic acids is 1. The number of nitrogens with zero attached hydrogens (tertiary/aromatic N) is 7. The number of halogens is 1. The molecule has 0 unspecified atom stereocenters. The molecule has 0 amide bonds. The number of nitriles is 1. The van der Waals surface area contributed by atoms with Crippen molar-refractivity contribution in [1.82, 2.24) is 29.3 Å². The summed E-state index contributed by atoms with van der Waals surface area (Å²) >= 11 is 7.65. The lowest BCUT2D eigenvalue weighted by Crippen LogP contribution is -2.27. The first kappa shape index (κ1) is 27.1. The first-order valence-electron chi connectivity index (χ1n) is 12.6. The molecule has 0 spiro atoms. The first-order chi connectivity index (χ1) is 20.3. The number of hydrogen-bond donors (Lipinski definition) is 1. The minimum Gasteiger partial charge on any atom is -0.491 e. The summed E-state index contributed by atoms with van der Waals surface area (Å²) in [5.74, 6) is 0.129. The molecule has 42 heavy (non-hydrogen) atoms. The van der Waals surface area contributed by atoms with Gasteiger partial charge in [-0.3, -0.25) is 14.3 Å². The van der Waals surface area contributed by atoms with Crippen LogP contribution >= 0.6 is 22.9 Å². The van der Waals surface area contributed by atoms with Gasteiger partial charge in [0.1, 0.15) is 29.8 Å². The Morgan fingerprint density at radius 3 is 2.79 bits per heavy atom. The molecule has 5 aromatic heterocycles. The van der Waals surface area contributed by atoms with E-state index in [0.29, 0.717) is 43.6 Å². The number of benzene rings is 1. The number of hydrogen-bond acceptors (Lipinski definition) is 9. The number of ether oxygens (including phenoxy) is 1. The first-order valence-corrected chi connectivity index (χ1v) is 13.9. The van der Waals surface area contributed by atoms with Crippen LogP contribution in [0.5, 0.6) is 5.75 Å². The van der Waals surface area contributed by atoms with Gasteiger partial charge in [-0.15, -0.1) is 11.3 Å². The molecule has 6 rings (SSSR count). The van der Waals surface area contributed by atoms with Crippen LogP contribution in [0.15, 0.2) is 59.1 Å². The smallest absolute Gasteiger partial charge is 0.338 e. The third-order valence-electron chi connectivity index (χ3n) is 6.69. The number of pyridine rings is 2. The van der Waals surface area contributed by atoms with E-state index in [1.807, 2.05) is 6.07 Å². The summed E-state index contributed by atoms with van der Waals surface area (Å²) in [7, 11) is 0. The van der Waals surface area contributed by atoms with Gasteiger partial charge in [-0.25, -0.2) is 19.4 Å². The fourth-order valence-electron chi connectivity index (χ4n) is 4.82. The SMILES string of the molecule is Cc1cc(-c2cc(Cl)ccc2OCCn2c(C)nc3cnc(-n4cccn4)c(C#N)c3c2=O)c2scc(C(=O)O)c2n1. The maximum Gasteiger partial charge on any atom is 0.338 e. The Morgan fingerprint density at radius 2 is 2.05 bits per heavy atom. The highest BCUT2D eigenvalue weighted by Gasteiger charge is 2.20. The Morgan fingerprint density at radius 1 is 1.21 bits per heavy atom. The summed E-state index contributed by atoms with van der Waals surface area (Å²) in [5.41, 5.74) is 2.58. The molecule has 11 nitrogen and oxygen atoms in total. The van der Waals surface area contributed by atoms with Crippen molar-refractivity contribution in [3.63, 3.8) is 0 Å². The van der Waals surface area contributed by atoms with E-state index < -0.39 is 11.5 Å². The van der Waals surface area contributed by atoms with Crippen LogP contribution < -0.4 is 10.3 Å². The van der Waals surface area contributed by atoms with Crippen LogP contribution in [-0.2, 0) is 6.54 Å². The molecule has 0 fully saturated rings. The molecule has 1 aromatic carbocycles. The fraction of sp³-hybridized carbons (Fsp3) is 0.138. The quantitative estimate of drug-likeness (QED) is 0.263. The predicted molar refractivity (Wildman–Crippen MR) is 158 cm³/mol. The van der Waals surface area contributed by atoms with Crippen LogP contribution in [0.3, 0.4) is 0 Å². The molecule has 5 heterocycles. The van der Waals surface area contributed by atoms with E-state index in [2.05, 4.69) is 26.1 Å². The molecule has 0 aliphatic rings. The lowest BCUT2D eigenvalue weighted by atomic mass is 10.0. The van der Waals surface area contributed by atoms with E-state index in [0.717, 1.165) is 5.56 Å². The van der Waals surface area contributed by atoms with Crippen LogP contribution in [0.4, 0.5) is 0 Å². The van der Waals surface area contributed by atoms with Crippen LogP contribution in [0, 0.1) is 25.2 Å². The highest BCUT2D eigenvalue weighted by Crippen LogP contribution is 2.40. The van der Waals surface area contributed by atoms with Crippen LogP contribution in [0.1, 0.15) is 27.4 Å². The number of aromatic nitrogens is 6. The Bertz CT molecular complexity index is 2130. The molecule has 0 atom stereocenters. The molecule has 0 radical (unpaired) electrons. The van der Waals surface area contributed by atoms with E-state index in [9.17, 15) is 20.0 Å². The van der Waals surface area contributed by atoms with Crippen molar-refractivity contribution in [3.8, 4) is 28.8 Å². The van der Waals surface area contributed by atoms with Gasteiger partial charge in [-0.2, -0.15) is 10.4 Å². The molecule has 0 saturated carbocycles. The molecule has 208 valence electrons. The van der Waals surface area contributed by atoms with Crippen LogP contribution in [0.2, 0.25) is 5.02 Å². The van der Waals surface area contributed by atoms with E-state index >= 15 is 0 Å². The largest absolute Gasteiger partial charge is 0.491 e. The summed E-state index contributed by atoms with van der Waals surface area (Å²) in [6.07, 6.45) is 4.66. The van der Waals surface area contributed by atoms with Crippen LogP contribution in [0.25, 0.3) is 38.1 Å². The average molecular weight is 598 g/mol. The molecule has 0 aliphatic heterocycles. The third kappa shape index (κ3) is 4.64. The number of carboxylic acid groups (broad SMARTS) is 1. The second kappa shape index (κ2) is 10.7. The zero-order chi connectivity index (χ0) is 29.5. The Labute approximate surface area is 246 Å². The summed E-state index contributed by atoms with van der Waals surface area (Å²) in [6.45, 7) is 3.74. The Kier molecular flexibility index (Phi) is 6.89. The molecule has 0 bridgehead atoms. The lowest BCUT2D eigenvalue weighted by molar-refractivity contribution is 0.0699. The van der Waals surface area contributed by atoms with Gasteiger partial charge in [0.15, 0.2) is 5.82 Å². The highest BCUT2D eigenvalue weighted by atomic mass is 35.5. The molecule has 1 N–H and O–H groups in total. The number of aryl methyl sites for hydroxylation is 2. The monoisotopic (exact) mass is 597 g/mol. The van der Waals surface area contributed by atoms with Gasteiger partial charge < -0.3 is 9.84 Å². The van der Waals surface area contributed by atoms with E-state index in [4.69, 9.17) is 16.3 Å². The zero-order valence-corrected chi connectivity index (χ0v) is 23.8. The number of rotatable bonds is 7. The van der Waals surface area contributed by atoms with Crippen molar-refractivity contribution < 1.29 is 14.6 Å². The van der Waals surface area contributed by atoms with E-state index in [1.165, 1.54) is 26.8 Å². The summed E-state index contributed by atoms with van der Waals surface area (Å²) in [5, 5.41) is 25.9. The van der Waals surface area contributed by atoms with Gasteiger partial charge >= 0.3 is 5.97 Å². The Hall–Kier alpha value is -5.12.